The molecule has 7 heteroatoms. The van der Waals surface area contributed by atoms with Gasteiger partial charge in [-0.05, 0) is 37.6 Å². The lowest BCUT2D eigenvalue weighted by atomic mass is 10.2. The molecule has 0 bridgehead atoms. The molecule has 1 heterocycles. The van der Waals surface area contributed by atoms with Gasteiger partial charge in [0.1, 0.15) is 5.82 Å². The van der Waals surface area contributed by atoms with Crippen LogP contribution in [0.3, 0.4) is 0 Å². The van der Waals surface area contributed by atoms with Crippen LogP contribution in [0.15, 0.2) is 35.5 Å². The second-order valence-corrected chi connectivity index (χ2v) is 6.10. The van der Waals surface area contributed by atoms with Crippen LogP contribution in [0.5, 0.6) is 0 Å². The van der Waals surface area contributed by atoms with Gasteiger partial charge >= 0.3 is 0 Å². The summed E-state index contributed by atoms with van der Waals surface area (Å²) in [6.07, 6.45) is 3.00. The molecule has 20 heavy (non-hydrogen) atoms. The van der Waals surface area contributed by atoms with E-state index in [2.05, 4.69) is 9.71 Å². The minimum atomic E-state index is -3.90. The molecule has 0 aliphatic heterocycles. The zero-order valence-electron chi connectivity index (χ0n) is 11.0. The van der Waals surface area contributed by atoms with Crippen molar-refractivity contribution in [2.45, 2.75) is 18.7 Å². The third kappa shape index (κ3) is 2.72. The van der Waals surface area contributed by atoms with Crippen LogP contribution >= 0.6 is 0 Å². The van der Waals surface area contributed by atoms with Crippen LogP contribution in [0, 0.1) is 19.7 Å². The van der Waals surface area contributed by atoms with Crippen LogP contribution in [-0.2, 0) is 10.0 Å². The van der Waals surface area contributed by atoms with Gasteiger partial charge in [0.05, 0.1) is 10.6 Å². The number of rotatable bonds is 3. The van der Waals surface area contributed by atoms with Gasteiger partial charge in [0.15, 0.2) is 0 Å². The highest BCUT2D eigenvalue weighted by Gasteiger charge is 2.18. The second-order valence-electron chi connectivity index (χ2n) is 4.42. The third-order valence-electron chi connectivity index (χ3n) is 2.93. The van der Waals surface area contributed by atoms with Gasteiger partial charge in [0, 0.05) is 23.6 Å². The number of nitrogen functional groups attached to an aromatic ring is 1. The van der Waals surface area contributed by atoms with Gasteiger partial charge in [-0.2, -0.15) is 0 Å². The summed E-state index contributed by atoms with van der Waals surface area (Å²) in [4.78, 5) is 3.66. The fourth-order valence-electron chi connectivity index (χ4n) is 1.62. The minimum absolute atomic E-state index is 0.0943. The van der Waals surface area contributed by atoms with Crippen LogP contribution in [-0.4, -0.2) is 13.4 Å². The number of nitrogens with zero attached hydrogens (tertiary/aromatic N) is 1. The highest BCUT2D eigenvalue weighted by molar-refractivity contribution is 7.92. The van der Waals surface area contributed by atoms with Crippen LogP contribution in [0.25, 0.3) is 0 Å². The zero-order valence-corrected chi connectivity index (χ0v) is 11.8. The predicted octanol–water partition coefficient (Wildman–Crippen LogP) is 2.22. The first-order valence-corrected chi connectivity index (χ1v) is 7.28. The average Bonchev–Trinajstić information content (AvgIpc) is 2.38. The molecule has 2 rings (SSSR count). The molecule has 0 aliphatic rings. The summed E-state index contributed by atoms with van der Waals surface area (Å²) in [5, 5.41) is 0. The Kier molecular flexibility index (Phi) is 3.63. The Morgan fingerprint density at radius 3 is 2.60 bits per heavy atom. The van der Waals surface area contributed by atoms with Crippen LogP contribution in [0.1, 0.15) is 11.1 Å². The van der Waals surface area contributed by atoms with Gasteiger partial charge in [-0.3, -0.25) is 9.71 Å². The Morgan fingerprint density at radius 2 is 2.00 bits per heavy atom. The Balaban J connectivity index is 2.44. The molecule has 1 aromatic carbocycles. The summed E-state index contributed by atoms with van der Waals surface area (Å²) < 4.78 is 40.4. The number of anilines is 2. The van der Waals surface area contributed by atoms with Crippen molar-refractivity contribution in [2.75, 3.05) is 10.5 Å². The molecule has 0 fully saturated rings. The number of aromatic nitrogens is 1. The first kappa shape index (κ1) is 14.3. The molecule has 2 aromatic rings. The van der Waals surface area contributed by atoms with Crippen LogP contribution in [0.4, 0.5) is 15.8 Å². The molecule has 0 saturated heterocycles. The lowest BCUT2D eigenvalue weighted by molar-refractivity contribution is 0.593. The van der Waals surface area contributed by atoms with E-state index >= 15 is 0 Å². The fourth-order valence-corrected chi connectivity index (χ4v) is 2.80. The summed E-state index contributed by atoms with van der Waals surface area (Å²) >= 11 is 0. The van der Waals surface area contributed by atoms with Crippen molar-refractivity contribution in [3.63, 3.8) is 0 Å². The summed E-state index contributed by atoms with van der Waals surface area (Å²) in [5.74, 6) is -0.656. The summed E-state index contributed by atoms with van der Waals surface area (Å²) in [5.41, 5.74) is 6.97. The van der Waals surface area contributed by atoms with E-state index in [1.807, 2.05) is 0 Å². The number of nitrogens with two attached hydrogens (primary N) is 1. The van der Waals surface area contributed by atoms with E-state index in [4.69, 9.17) is 5.73 Å². The monoisotopic (exact) mass is 295 g/mol. The number of nitrogens with one attached hydrogen (secondary N) is 1. The van der Waals surface area contributed by atoms with Crippen molar-refractivity contribution in [2.24, 2.45) is 0 Å². The molecule has 3 N–H and O–H groups in total. The fraction of sp³-hybridized carbons (Fsp3) is 0.154. The largest absolute Gasteiger partial charge is 0.398 e. The summed E-state index contributed by atoms with van der Waals surface area (Å²) in [6, 6.07) is 3.71. The molecule has 0 amide bonds. The highest BCUT2D eigenvalue weighted by Crippen LogP contribution is 2.23. The van der Waals surface area contributed by atoms with E-state index in [0.29, 0.717) is 11.3 Å². The second kappa shape index (κ2) is 5.09. The lowest BCUT2D eigenvalue weighted by Crippen LogP contribution is -2.15. The maximum absolute atomic E-state index is 13.6. The number of hydrogen-bond acceptors (Lipinski definition) is 4. The van der Waals surface area contributed by atoms with E-state index < -0.39 is 15.8 Å². The van der Waals surface area contributed by atoms with E-state index in [-0.39, 0.29) is 16.1 Å². The van der Waals surface area contributed by atoms with Crippen LogP contribution < -0.4 is 10.5 Å². The van der Waals surface area contributed by atoms with Gasteiger partial charge < -0.3 is 5.73 Å². The quantitative estimate of drug-likeness (QED) is 0.850. The Morgan fingerprint density at radius 1 is 1.30 bits per heavy atom. The zero-order chi connectivity index (χ0) is 14.9. The number of aryl methyl sites for hydroxylation is 1. The number of hydrogen-bond donors (Lipinski definition) is 2. The molecular formula is C13H14FN3O2S. The Bertz CT molecular complexity index is 737. The van der Waals surface area contributed by atoms with Crippen molar-refractivity contribution in [3.8, 4) is 0 Å². The van der Waals surface area contributed by atoms with E-state index in [0.717, 1.165) is 6.07 Å². The standard InChI is InChI=1S/C13H14FN3O2S/c1-8-7-16-4-3-13(8)17-20(18,19)10-5-11(14)9(2)12(15)6-10/h3-7H,15H2,1-2H3,(H,16,17). The number of halogens is 1. The maximum atomic E-state index is 13.6. The Labute approximate surface area is 116 Å². The molecule has 0 aliphatic carbocycles. The summed E-state index contributed by atoms with van der Waals surface area (Å²) in [7, 11) is -3.90. The van der Waals surface area contributed by atoms with Crippen molar-refractivity contribution in [3.05, 3.63) is 47.5 Å². The smallest absolute Gasteiger partial charge is 0.262 e. The minimum Gasteiger partial charge on any atom is -0.398 e. The van der Waals surface area contributed by atoms with Gasteiger partial charge in [-0.25, -0.2) is 12.8 Å². The molecule has 5 nitrogen and oxygen atoms in total. The normalized spacial score (nSPS) is 11.3. The molecule has 106 valence electrons. The topological polar surface area (TPSA) is 85.1 Å². The molecule has 0 atom stereocenters. The molecule has 1 aromatic heterocycles. The summed E-state index contributed by atoms with van der Waals surface area (Å²) in [6.45, 7) is 3.20. The van der Waals surface area contributed by atoms with Gasteiger partial charge in [-0.1, -0.05) is 0 Å². The molecule has 0 saturated carbocycles. The number of pyridine rings is 1. The van der Waals surface area contributed by atoms with Crippen molar-refractivity contribution < 1.29 is 12.8 Å². The van der Waals surface area contributed by atoms with Crippen LogP contribution in [0.2, 0.25) is 0 Å². The average molecular weight is 295 g/mol. The van der Waals surface area contributed by atoms with E-state index in [1.54, 1.807) is 6.92 Å². The SMILES string of the molecule is Cc1cnccc1NS(=O)(=O)c1cc(N)c(C)c(F)c1. The molecule has 0 radical (unpaired) electrons. The van der Waals surface area contributed by atoms with E-state index in [9.17, 15) is 12.8 Å². The van der Waals surface area contributed by atoms with Crippen molar-refractivity contribution >= 4 is 21.4 Å². The van der Waals surface area contributed by atoms with Gasteiger partial charge in [0.2, 0.25) is 0 Å². The lowest BCUT2D eigenvalue weighted by Gasteiger charge is -2.11. The van der Waals surface area contributed by atoms with Gasteiger partial charge in [-0.15, -0.1) is 0 Å². The molecule has 0 spiro atoms. The third-order valence-corrected chi connectivity index (χ3v) is 4.28. The van der Waals surface area contributed by atoms with Crippen molar-refractivity contribution in [1.29, 1.82) is 0 Å². The first-order valence-electron chi connectivity index (χ1n) is 5.80. The van der Waals surface area contributed by atoms with Crippen molar-refractivity contribution in [1.82, 2.24) is 4.98 Å². The number of sulfonamides is 1. The maximum Gasteiger partial charge on any atom is 0.262 e. The van der Waals surface area contributed by atoms with E-state index in [1.165, 1.54) is 31.5 Å². The Hall–Kier alpha value is -2.15. The highest BCUT2D eigenvalue weighted by atomic mass is 32.2. The molecule has 0 unspecified atom stereocenters. The van der Waals surface area contributed by atoms with Gasteiger partial charge in [0.25, 0.3) is 10.0 Å². The predicted molar refractivity (Wildman–Crippen MR) is 75.3 cm³/mol. The first-order chi connectivity index (χ1) is 9.31. The molecular weight excluding hydrogens is 281 g/mol. The number of benzene rings is 1.